The summed E-state index contributed by atoms with van der Waals surface area (Å²) in [6.45, 7) is 10.3. The van der Waals surface area contributed by atoms with Crippen LogP contribution in [0.25, 0.3) is 0 Å². The van der Waals surface area contributed by atoms with Crippen molar-refractivity contribution in [2.45, 2.75) is 51.8 Å². The molecule has 0 saturated heterocycles. The first kappa shape index (κ1) is 23.8. The summed E-state index contributed by atoms with van der Waals surface area (Å²) in [6, 6.07) is 14.9. The molecule has 0 spiro atoms. The van der Waals surface area contributed by atoms with Crippen LogP contribution in [0.1, 0.15) is 44.4 Å². The molecule has 162 valence electrons. The molecule has 0 bridgehead atoms. The summed E-state index contributed by atoms with van der Waals surface area (Å²) in [6.07, 6.45) is 0. The van der Waals surface area contributed by atoms with E-state index < -0.39 is 18.0 Å². The Morgan fingerprint density at radius 1 is 1.07 bits per heavy atom. The van der Waals surface area contributed by atoms with Crippen molar-refractivity contribution in [1.82, 2.24) is 5.32 Å². The molecule has 0 saturated carbocycles. The minimum absolute atomic E-state index is 0.124. The number of nitrogens with one attached hydrogen (secondary N) is 2. The average molecular weight is 429 g/mol. The molecule has 1 unspecified atom stereocenters. The van der Waals surface area contributed by atoms with Crippen molar-refractivity contribution in [3.8, 4) is 0 Å². The van der Waals surface area contributed by atoms with Gasteiger partial charge in [0.2, 0.25) is 0 Å². The minimum atomic E-state index is -0.722. The van der Waals surface area contributed by atoms with Gasteiger partial charge in [-0.2, -0.15) is 11.8 Å². The minimum Gasteiger partial charge on any atom is -0.464 e. The monoisotopic (exact) mass is 428 g/mol. The van der Waals surface area contributed by atoms with E-state index >= 15 is 0 Å². The number of thioether (sulfide) groups is 1. The first-order valence-corrected chi connectivity index (χ1v) is 11.3. The molecule has 0 aliphatic heterocycles. The fraction of sp³-hybridized carbons (Fsp3) is 0.417. The highest BCUT2D eigenvalue weighted by molar-refractivity contribution is 7.98. The second-order valence-electron chi connectivity index (χ2n) is 8.15. The quantitative estimate of drug-likeness (QED) is 0.562. The van der Waals surface area contributed by atoms with E-state index in [1.54, 1.807) is 18.7 Å². The van der Waals surface area contributed by atoms with Gasteiger partial charge in [-0.1, -0.05) is 69.3 Å². The van der Waals surface area contributed by atoms with Gasteiger partial charge in [0.15, 0.2) is 0 Å². The molecular formula is C24H32N2O3S. The van der Waals surface area contributed by atoms with E-state index in [1.807, 2.05) is 55.5 Å². The van der Waals surface area contributed by atoms with Crippen LogP contribution in [-0.2, 0) is 20.7 Å². The summed E-state index contributed by atoms with van der Waals surface area (Å²) in [5.74, 6) is 0.765. The lowest BCUT2D eigenvalue weighted by Crippen LogP contribution is -2.45. The molecule has 30 heavy (non-hydrogen) atoms. The van der Waals surface area contributed by atoms with Gasteiger partial charge in [-0.05, 0) is 36.0 Å². The molecule has 0 radical (unpaired) electrons. The number of benzene rings is 2. The summed E-state index contributed by atoms with van der Waals surface area (Å²) in [4.78, 5) is 25.1. The summed E-state index contributed by atoms with van der Waals surface area (Å²) >= 11 is 1.58. The van der Waals surface area contributed by atoms with Gasteiger partial charge in [0, 0.05) is 17.2 Å². The zero-order valence-electron chi connectivity index (χ0n) is 18.5. The zero-order valence-corrected chi connectivity index (χ0v) is 19.3. The normalized spacial score (nSPS) is 12.2. The number of rotatable bonds is 8. The maximum Gasteiger partial charge on any atom is 0.329 e. The van der Waals surface area contributed by atoms with Gasteiger partial charge in [-0.3, -0.25) is 0 Å². The Labute approximate surface area is 184 Å². The molecule has 0 fully saturated rings. The van der Waals surface area contributed by atoms with E-state index in [2.05, 4.69) is 31.4 Å². The molecule has 2 aromatic rings. The zero-order chi connectivity index (χ0) is 22.1. The van der Waals surface area contributed by atoms with Crippen LogP contribution in [-0.4, -0.2) is 30.4 Å². The number of aryl methyl sites for hydroxylation is 1. The van der Waals surface area contributed by atoms with Crippen molar-refractivity contribution < 1.29 is 14.3 Å². The van der Waals surface area contributed by atoms with Crippen LogP contribution in [0.15, 0.2) is 48.5 Å². The van der Waals surface area contributed by atoms with E-state index in [0.29, 0.717) is 5.75 Å². The number of hydrogen-bond acceptors (Lipinski definition) is 4. The molecule has 0 heterocycles. The van der Waals surface area contributed by atoms with Gasteiger partial charge >= 0.3 is 12.0 Å². The smallest absolute Gasteiger partial charge is 0.329 e. The van der Waals surface area contributed by atoms with Crippen molar-refractivity contribution in [2.24, 2.45) is 0 Å². The lowest BCUT2D eigenvalue weighted by atomic mass is 9.84. The van der Waals surface area contributed by atoms with Crippen molar-refractivity contribution >= 4 is 29.4 Å². The Kier molecular flexibility index (Phi) is 8.78. The Morgan fingerprint density at radius 3 is 2.40 bits per heavy atom. The highest BCUT2D eigenvalue weighted by Gasteiger charge is 2.24. The molecule has 5 nitrogen and oxygen atoms in total. The van der Waals surface area contributed by atoms with Crippen LogP contribution >= 0.6 is 11.8 Å². The van der Waals surface area contributed by atoms with Crippen molar-refractivity contribution in [1.29, 1.82) is 0 Å². The van der Waals surface area contributed by atoms with Crippen LogP contribution in [0.3, 0.4) is 0 Å². The third-order valence-corrected chi connectivity index (χ3v) is 5.70. The largest absolute Gasteiger partial charge is 0.464 e. The Morgan fingerprint density at radius 2 is 1.77 bits per heavy atom. The van der Waals surface area contributed by atoms with Crippen LogP contribution in [0.4, 0.5) is 10.5 Å². The number of anilines is 1. The predicted molar refractivity (Wildman–Crippen MR) is 125 cm³/mol. The second-order valence-corrected chi connectivity index (χ2v) is 9.18. The van der Waals surface area contributed by atoms with Gasteiger partial charge in [-0.15, -0.1) is 0 Å². The van der Waals surface area contributed by atoms with Crippen LogP contribution < -0.4 is 10.6 Å². The van der Waals surface area contributed by atoms with Gasteiger partial charge in [0.25, 0.3) is 0 Å². The molecule has 2 rings (SSSR count). The Hall–Kier alpha value is -2.47. The number of hydrogen-bond donors (Lipinski definition) is 2. The highest BCUT2D eigenvalue weighted by atomic mass is 32.2. The molecule has 0 aromatic heterocycles. The van der Waals surface area contributed by atoms with Crippen LogP contribution in [0.2, 0.25) is 0 Å². The van der Waals surface area contributed by atoms with E-state index in [-0.39, 0.29) is 12.0 Å². The van der Waals surface area contributed by atoms with E-state index in [1.165, 1.54) is 5.56 Å². The van der Waals surface area contributed by atoms with E-state index in [9.17, 15) is 9.59 Å². The fourth-order valence-electron chi connectivity index (χ4n) is 3.05. The first-order valence-electron chi connectivity index (χ1n) is 10.2. The third kappa shape index (κ3) is 7.10. The maximum atomic E-state index is 12.8. The fourth-order valence-corrected chi connectivity index (χ4v) is 4.05. The standard InChI is InChI=1S/C24H32N2O3S/c1-6-29-22(27)20(16-30-15-18-12-8-7-9-13-18)25-23(28)26-21-17(2)11-10-14-19(21)24(3,4)5/h7-14,20H,6,15-16H2,1-5H3,(H2,25,26,28). The number of para-hydroxylation sites is 1. The maximum absolute atomic E-state index is 12.8. The number of carbonyl (C=O) groups is 2. The highest BCUT2D eigenvalue weighted by Crippen LogP contribution is 2.31. The number of esters is 1. The van der Waals surface area contributed by atoms with E-state index in [0.717, 1.165) is 22.6 Å². The second kappa shape index (κ2) is 11.1. The number of ether oxygens (including phenoxy) is 1. The first-order chi connectivity index (χ1) is 14.2. The summed E-state index contributed by atoms with van der Waals surface area (Å²) in [7, 11) is 0. The van der Waals surface area contributed by atoms with Crippen molar-refractivity contribution in [2.75, 3.05) is 17.7 Å². The van der Waals surface area contributed by atoms with Crippen LogP contribution in [0.5, 0.6) is 0 Å². The van der Waals surface area contributed by atoms with Gasteiger partial charge in [0.05, 0.1) is 6.61 Å². The Balaban J connectivity index is 2.06. The average Bonchev–Trinajstić information content (AvgIpc) is 2.69. The van der Waals surface area contributed by atoms with Crippen molar-refractivity contribution in [3.63, 3.8) is 0 Å². The Bertz CT molecular complexity index is 847. The lowest BCUT2D eigenvalue weighted by Gasteiger charge is -2.25. The predicted octanol–water partition coefficient (Wildman–Crippen LogP) is 5.28. The van der Waals surface area contributed by atoms with Gasteiger partial charge < -0.3 is 15.4 Å². The molecule has 2 N–H and O–H groups in total. The molecule has 6 heteroatoms. The van der Waals surface area contributed by atoms with Crippen LogP contribution in [0, 0.1) is 6.92 Å². The van der Waals surface area contributed by atoms with Gasteiger partial charge in [-0.25, -0.2) is 9.59 Å². The molecule has 0 aliphatic rings. The molecule has 1 atom stereocenters. The summed E-state index contributed by atoms with van der Waals surface area (Å²) in [5, 5.41) is 5.75. The summed E-state index contributed by atoms with van der Waals surface area (Å²) < 4.78 is 5.16. The third-order valence-electron chi connectivity index (χ3n) is 4.59. The molecule has 2 amide bonds. The van der Waals surface area contributed by atoms with E-state index in [4.69, 9.17) is 4.74 Å². The molecular weight excluding hydrogens is 396 g/mol. The number of amides is 2. The molecule has 2 aromatic carbocycles. The van der Waals surface area contributed by atoms with Gasteiger partial charge in [0.1, 0.15) is 6.04 Å². The lowest BCUT2D eigenvalue weighted by molar-refractivity contribution is -0.144. The molecule has 0 aliphatic carbocycles. The number of urea groups is 1. The summed E-state index contributed by atoms with van der Waals surface area (Å²) in [5.41, 5.74) is 3.85. The topological polar surface area (TPSA) is 67.4 Å². The van der Waals surface area contributed by atoms with Crippen molar-refractivity contribution in [3.05, 3.63) is 65.2 Å². The number of carbonyl (C=O) groups excluding carboxylic acids is 2. The SMILES string of the molecule is CCOC(=O)C(CSCc1ccccc1)NC(=O)Nc1c(C)cccc1C(C)(C)C.